The van der Waals surface area contributed by atoms with Crippen molar-refractivity contribution in [3.8, 4) is 5.75 Å². The van der Waals surface area contributed by atoms with Crippen molar-refractivity contribution < 1.29 is 34.4 Å². The molecule has 5 atom stereocenters. The van der Waals surface area contributed by atoms with Crippen molar-refractivity contribution in [2.45, 2.75) is 61.6 Å². The van der Waals surface area contributed by atoms with E-state index in [1.165, 1.54) is 0 Å². The van der Waals surface area contributed by atoms with E-state index in [9.17, 15) is 24.9 Å². The normalized spacial score (nSPS) is 29.5. The summed E-state index contributed by atoms with van der Waals surface area (Å²) in [5, 5.41) is 35.0. The molecule has 2 aromatic carbocycles. The number of hydrogen-bond acceptors (Lipinski definition) is 8. The maximum Gasteiger partial charge on any atom is 0.312 e. The number of amides is 1. The number of nitrogens with one attached hydrogen (secondary N) is 1. The number of hydrogen-bond donors (Lipinski definition) is 4. The quantitative estimate of drug-likeness (QED) is 0.402. The van der Waals surface area contributed by atoms with Crippen LogP contribution in [0.4, 0.5) is 0 Å². The van der Waals surface area contributed by atoms with Crippen molar-refractivity contribution in [3.63, 3.8) is 0 Å². The van der Waals surface area contributed by atoms with E-state index in [1.54, 1.807) is 36.4 Å². The van der Waals surface area contributed by atoms with Gasteiger partial charge < -0.3 is 35.0 Å². The molecule has 9 heteroatoms. The molecule has 200 valence electrons. The van der Waals surface area contributed by atoms with Gasteiger partial charge in [-0.25, -0.2) is 0 Å². The molecule has 6 rings (SSSR count). The van der Waals surface area contributed by atoms with Crippen LogP contribution in [0, 0.1) is 0 Å². The zero-order valence-corrected chi connectivity index (χ0v) is 21.2. The summed E-state index contributed by atoms with van der Waals surface area (Å²) in [5.41, 5.74) is 1.26. The monoisotopic (exact) mass is 520 g/mol. The lowest BCUT2D eigenvalue weighted by molar-refractivity contribution is -0.169. The van der Waals surface area contributed by atoms with Crippen LogP contribution in [0.3, 0.4) is 0 Å². The average molecular weight is 521 g/mol. The maximum absolute atomic E-state index is 12.8. The van der Waals surface area contributed by atoms with Crippen molar-refractivity contribution >= 4 is 11.9 Å². The second-order valence-electron chi connectivity index (χ2n) is 10.7. The fourth-order valence-electron chi connectivity index (χ4n) is 6.99. The number of aliphatic hydroxyl groups is 3. The number of ether oxygens (including phenoxy) is 2. The molecule has 1 saturated heterocycles. The number of likely N-dealkylation sites (N-methyl/N-ethyl adjacent to an activating group) is 1. The molecule has 4 N–H and O–H groups in total. The molecule has 4 aliphatic rings. The number of aliphatic hydroxyl groups excluding tert-OH is 2. The smallest absolute Gasteiger partial charge is 0.312 e. The highest BCUT2D eigenvalue weighted by Crippen LogP contribution is 2.64. The van der Waals surface area contributed by atoms with Crippen LogP contribution in [0.2, 0.25) is 0 Å². The Morgan fingerprint density at radius 3 is 2.79 bits per heavy atom. The topological polar surface area (TPSA) is 129 Å². The van der Waals surface area contributed by atoms with E-state index in [0.29, 0.717) is 41.9 Å². The molecule has 38 heavy (non-hydrogen) atoms. The van der Waals surface area contributed by atoms with Crippen LogP contribution in [0.15, 0.2) is 54.3 Å². The van der Waals surface area contributed by atoms with Gasteiger partial charge in [0.15, 0.2) is 12.2 Å². The molecule has 9 nitrogen and oxygen atoms in total. The lowest BCUT2D eigenvalue weighted by Crippen LogP contribution is -2.74. The Morgan fingerprint density at radius 2 is 2.03 bits per heavy atom. The first-order chi connectivity index (χ1) is 18.3. The van der Waals surface area contributed by atoms with Gasteiger partial charge in [-0.05, 0) is 43.6 Å². The standard InChI is InChI=1S/C29H32N2O7/c1-31-14-12-28-23-18-7-8-19(16-32)25(23)38-26(28)20(9-11-29(28,36)21(31)15-18)37-22(33)10-13-30-27(35)24(34)17-5-3-2-4-6-17/h2-9,21,24,26,32,34,36H,10-16H2,1H3,(H,30,35)/t21-,24-,26+,28+,29-/m1/s1. The lowest BCUT2D eigenvalue weighted by Gasteiger charge is -2.61. The van der Waals surface area contributed by atoms with E-state index in [2.05, 4.69) is 10.2 Å². The SMILES string of the molecule is CN1CC[C@]23c4c5ccc(CO)c4O[C@H]2C(OC(=O)CCNC(=O)[C@H](O)c2ccccc2)=CC[C@@]3(O)[C@H]1C5. The molecule has 2 heterocycles. The summed E-state index contributed by atoms with van der Waals surface area (Å²) in [5.74, 6) is -0.202. The largest absolute Gasteiger partial charge is 0.481 e. The van der Waals surface area contributed by atoms with Gasteiger partial charge in [0.05, 0.1) is 24.0 Å². The van der Waals surface area contributed by atoms with Gasteiger partial charge in [0.25, 0.3) is 5.91 Å². The maximum atomic E-state index is 12.8. The Hall–Kier alpha value is -3.24. The summed E-state index contributed by atoms with van der Waals surface area (Å²) in [4.78, 5) is 27.3. The van der Waals surface area contributed by atoms with Crippen molar-refractivity contribution in [2.75, 3.05) is 20.1 Å². The first kappa shape index (κ1) is 25.1. The van der Waals surface area contributed by atoms with E-state index >= 15 is 0 Å². The molecule has 0 saturated carbocycles. The van der Waals surface area contributed by atoms with Crippen molar-refractivity contribution in [2.24, 2.45) is 0 Å². The van der Waals surface area contributed by atoms with E-state index in [1.807, 2.05) is 19.2 Å². The summed E-state index contributed by atoms with van der Waals surface area (Å²) in [6.45, 7) is 0.563. The van der Waals surface area contributed by atoms with E-state index in [-0.39, 0.29) is 25.6 Å². The van der Waals surface area contributed by atoms with Gasteiger partial charge in [-0.15, -0.1) is 0 Å². The highest BCUT2D eigenvalue weighted by atomic mass is 16.6. The summed E-state index contributed by atoms with van der Waals surface area (Å²) < 4.78 is 12.3. The van der Waals surface area contributed by atoms with Crippen molar-refractivity contribution in [3.05, 3.63) is 76.6 Å². The number of rotatable bonds is 7. The molecule has 1 amide bonds. The highest BCUT2D eigenvalue weighted by molar-refractivity contribution is 5.82. The van der Waals surface area contributed by atoms with Crippen LogP contribution in [-0.4, -0.2) is 70.0 Å². The molecule has 1 fully saturated rings. The Labute approximate surface area is 220 Å². The van der Waals surface area contributed by atoms with E-state index < -0.39 is 35.1 Å². The minimum absolute atomic E-state index is 0.00134. The van der Waals surface area contributed by atoms with Gasteiger partial charge in [-0.3, -0.25) is 9.59 Å². The number of esters is 1. The predicted octanol–water partition coefficient (Wildman–Crippen LogP) is 1.24. The number of piperidine rings is 1. The number of carbonyl (C=O) groups excluding carboxylic acids is 2. The molecule has 2 aromatic rings. The van der Waals surface area contributed by atoms with Crippen LogP contribution in [0.5, 0.6) is 5.75 Å². The Bertz CT molecular complexity index is 1310. The summed E-state index contributed by atoms with van der Waals surface area (Å²) in [6, 6.07) is 12.3. The lowest BCUT2D eigenvalue weighted by atomic mass is 9.50. The third kappa shape index (κ3) is 3.53. The van der Waals surface area contributed by atoms with Crippen LogP contribution in [0.1, 0.15) is 47.6 Å². The minimum atomic E-state index is -1.32. The Kier molecular flexibility index (Phi) is 6.07. The van der Waals surface area contributed by atoms with Crippen molar-refractivity contribution in [1.82, 2.24) is 10.2 Å². The van der Waals surface area contributed by atoms with Gasteiger partial charge >= 0.3 is 5.97 Å². The summed E-state index contributed by atoms with van der Waals surface area (Å²) >= 11 is 0. The number of carbonyl (C=O) groups is 2. The van der Waals surface area contributed by atoms with Gasteiger partial charge in [0.1, 0.15) is 11.5 Å². The number of likely N-dealkylation sites (tertiary alicyclic amines) is 1. The molecule has 0 unspecified atom stereocenters. The highest BCUT2D eigenvalue weighted by Gasteiger charge is 2.71. The fourth-order valence-corrected chi connectivity index (χ4v) is 6.99. The van der Waals surface area contributed by atoms with Crippen LogP contribution in [0.25, 0.3) is 0 Å². The minimum Gasteiger partial charge on any atom is -0.481 e. The zero-order chi connectivity index (χ0) is 26.7. The fraction of sp³-hybridized carbons (Fsp3) is 0.448. The predicted molar refractivity (Wildman–Crippen MR) is 136 cm³/mol. The van der Waals surface area contributed by atoms with Crippen LogP contribution in [-0.2, 0) is 32.8 Å². The Balaban J connectivity index is 1.20. The molecule has 0 radical (unpaired) electrons. The summed E-state index contributed by atoms with van der Waals surface area (Å²) in [6.07, 6.45) is 1.24. The van der Waals surface area contributed by atoms with Gasteiger partial charge in [-0.2, -0.15) is 0 Å². The second kappa shape index (κ2) is 9.20. The van der Waals surface area contributed by atoms with Gasteiger partial charge in [0.2, 0.25) is 0 Å². The molecule has 1 spiro atoms. The van der Waals surface area contributed by atoms with Crippen molar-refractivity contribution in [1.29, 1.82) is 0 Å². The van der Waals surface area contributed by atoms with Gasteiger partial charge in [0, 0.05) is 30.1 Å². The molecule has 0 aromatic heterocycles. The molecular formula is C29H32N2O7. The van der Waals surface area contributed by atoms with E-state index in [0.717, 1.165) is 17.7 Å². The van der Waals surface area contributed by atoms with Crippen LogP contribution < -0.4 is 10.1 Å². The molecular weight excluding hydrogens is 488 g/mol. The second-order valence-corrected chi connectivity index (χ2v) is 10.7. The number of benzene rings is 2. The Morgan fingerprint density at radius 1 is 1.24 bits per heavy atom. The molecule has 2 aliphatic heterocycles. The summed E-state index contributed by atoms with van der Waals surface area (Å²) in [7, 11) is 2.02. The first-order valence-electron chi connectivity index (χ1n) is 13.1. The molecule has 2 bridgehead atoms. The molecule has 2 aliphatic carbocycles. The third-order valence-corrected chi connectivity index (χ3v) is 8.85. The van der Waals surface area contributed by atoms with E-state index in [4.69, 9.17) is 9.47 Å². The van der Waals surface area contributed by atoms with Crippen LogP contribution >= 0.6 is 0 Å². The number of nitrogens with zero attached hydrogens (tertiary/aromatic N) is 1. The first-order valence-corrected chi connectivity index (χ1v) is 13.1. The average Bonchev–Trinajstić information content (AvgIpc) is 3.28. The zero-order valence-electron chi connectivity index (χ0n) is 21.2. The van der Waals surface area contributed by atoms with Gasteiger partial charge in [-0.1, -0.05) is 42.5 Å². The third-order valence-electron chi connectivity index (χ3n) is 8.85.